The van der Waals surface area contributed by atoms with E-state index < -0.39 is 0 Å². The molecule has 6 nitrogen and oxygen atoms in total. The molecule has 2 N–H and O–H groups in total. The van der Waals surface area contributed by atoms with Crippen LogP contribution in [0.4, 0.5) is 5.00 Å². The van der Waals surface area contributed by atoms with E-state index >= 15 is 0 Å². The lowest BCUT2D eigenvalue weighted by Crippen LogP contribution is -2.38. The van der Waals surface area contributed by atoms with Gasteiger partial charge in [-0.1, -0.05) is 25.1 Å². The summed E-state index contributed by atoms with van der Waals surface area (Å²) in [5.41, 5.74) is 2.91. The molecule has 5 rings (SSSR count). The van der Waals surface area contributed by atoms with Crippen LogP contribution in [0.3, 0.4) is 0 Å². The van der Waals surface area contributed by atoms with Crippen molar-refractivity contribution >= 4 is 39.6 Å². The SMILES string of the molecule is CCN1CCc2c(sc3c2C(=O)N[C@@H](c2ccc(OC(=O)c4cccs4)cc2)N3)C1. The number of benzene rings is 1. The van der Waals surface area contributed by atoms with Crippen molar-refractivity contribution in [3.05, 3.63) is 68.2 Å². The molecule has 8 heteroatoms. The molecule has 3 aromatic rings. The first-order valence-corrected chi connectivity index (χ1v) is 11.6. The Kier molecular flexibility index (Phi) is 5.06. The zero-order chi connectivity index (χ0) is 20.7. The summed E-state index contributed by atoms with van der Waals surface area (Å²) >= 11 is 3.04. The second kappa shape index (κ2) is 7.86. The minimum atomic E-state index is -0.364. The topological polar surface area (TPSA) is 70.7 Å². The molecule has 1 aromatic carbocycles. The summed E-state index contributed by atoms with van der Waals surface area (Å²) < 4.78 is 5.42. The number of amides is 1. The number of nitrogens with zero attached hydrogens (tertiary/aromatic N) is 1. The number of fused-ring (bicyclic) bond motifs is 3. The van der Waals surface area contributed by atoms with Crippen molar-refractivity contribution in [3.63, 3.8) is 0 Å². The molecule has 0 saturated carbocycles. The number of esters is 1. The third kappa shape index (κ3) is 3.51. The maximum atomic E-state index is 12.9. The smallest absolute Gasteiger partial charge is 0.353 e. The molecule has 1 atom stereocenters. The van der Waals surface area contributed by atoms with E-state index in [2.05, 4.69) is 22.5 Å². The van der Waals surface area contributed by atoms with Gasteiger partial charge in [0, 0.05) is 18.0 Å². The molecule has 0 bridgehead atoms. The third-order valence-electron chi connectivity index (χ3n) is 5.51. The van der Waals surface area contributed by atoms with Crippen molar-refractivity contribution in [1.82, 2.24) is 10.2 Å². The van der Waals surface area contributed by atoms with Crippen molar-refractivity contribution in [2.45, 2.75) is 26.1 Å². The van der Waals surface area contributed by atoms with Gasteiger partial charge >= 0.3 is 5.97 Å². The number of anilines is 1. The van der Waals surface area contributed by atoms with Crippen LogP contribution in [0.15, 0.2) is 41.8 Å². The number of carbonyl (C=O) groups excluding carboxylic acids is 2. The van der Waals surface area contributed by atoms with Gasteiger partial charge in [-0.15, -0.1) is 22.7 Å². The Hall–Kier alpha value is -2.68. The van der Waals surface area contributed by atoms with Crippen LogP contribution in [0.25, 0.3) is 0 Å². The van der Waals surface area contributed by atoms with Gasteiger partial charge in [-0.25, -0.2) is 4.79 Å². The number of rotatable bonds is 4. The summed E-state index contributed by atoms with van der Waals surface area (Å²) in [6.45, 7) is 5.09. The standard InChI is InChI=1S/C22H21N3O3S2/c1-2-25-10-9-15-17(12-25)30-21-18(15)20(26)23-19(24-21)13-5-7-14(8-6-13)28-22(27)16-4-3-11-29-16/h3-8,11,19,24H,2,9-10,12H2,1H3,(H,23,26)/t19-/m1/s1. The lowest BCUT2D eigenvalue weighted by atomic mass is 10.0. The molecule has 2 aromatic heterocycles. The quantitative estimate of drug-likeness (QED) is 0.470. The van der Waals surface area contributed by atoms with Gasteiger partial charge in [-0.05, 0) is 47.7 Å². The van der Waals surface area contributed by atoms with Crippen molar-refractivity contribution in [2.24, 2.45) is 0 Å². The predicted molar refractivity (Wildman–Crippen MR) is 119 cm³/mol. The zero-order valence-corrected chi connectivity index (χ0v) is 18.1. The maximum absolute atomic E-state index is 12.9. The first-order valence-electron chi connectivity index (χ1n) is 9.92. The highest BCUT2D eigenvalue weighted by atomic mass is 32.1. The Morgan fingerprint density at radius 3 is 2.80 bits per heavy atom. The summed E-state index contributed by atoms with van der Waals surface area (Å²) in [6, 6.07) is 10.8. The van der Waals surface area contributed by atoms with Crippen LogP contribution >= 0.6 is 22.7 Å². The fourth-order valence-electron chi connectivity index (χ4n) is 3.89. The van der Waals surface area contributed by atoms with Crippen LogP contribution in [0, 0.1) is 0 Å². The molecule has 30 heavy (non-hydrogen) atoms. The molecule has 0 unspecified atom stereocenters. The normalized spacial score (nSPS) is 18.2. The molecule has 1 amide bonds. The van der Waals surface area contributed by atoms with E-state index in [1.54, 1.807) is 29.5 Å². The molecule has 2 aliphatic heterocycles. The summed E-state index contributed by atoms with van der Waals surface area (Å²) in [4.78, 5) is 29.2. The largest absolute Gasteiger partial charge is 0.422 e. The minimum Gasteiger partial charge on any atom is -0.422 e. The second-order valence-electron chi connectivity index (χ2n) is 7.31. The van der Waals surface area contributed by atoms with Crippen molar-refractivity contribution in [1.29, 1.82) is 0 Å². The summed E-state index contributed by atoms with van der Waals surface area (Å²) in [7, 11) is 0. The van der Waals surface area contributed by atoms with E-state index in [0.717, 1.165) is 42.2 Å². The van der Waals surface area contributed by atoms with Gasteiger partial charge in [0.25, 0.3) is 5.91 Å². The van der Waals surface area contributed by atoms with E-state index in [9.17, 15) is 9.59 Å². The third-order valence-corrected chi connectivity index (χ3v) is 7.51. The number of thiophene rings is 2. The number of carbonyl (C=O) groups is 2. The Balaban J connectivity index is 1.32. The van der Waals surface area contributed by atoms with Crippen LogP contribution in [-0.2, 0) is 13.0 Å². The summed E-state index contributed by atoms with van der Waals surface area (Å²) in [5, 5.41) is 9.33. The lowest BCUT2D eigenvalue weighted by molar-refractivity contribution is 0.0739. The van der Waals surface area contributed by atoms with E-state index in [0.29, 0.717) is 10.6 Å². The number of likely N-dealkylation sites (N-methyl/N-ethyl adjacent to an activating group) is 1. The Labute approximate surface area is 182 Å². The fourth-order valence-corrected chi connectivity index (χ4v) is 5.80. The van der Waals surface area contributed by atoms with E-state index in [1.165, 1.54) is 21.8 Å². The highest BCUT2D eigenvalue weighted by Crippen LogP contribution is 2.40. The summed E-state index contributed by atoms with van der Waals surface area (Å²) in [6.07, 6.45) is 0.605. The molecule has 4 heterocycles. The number of ether oxygens (including phenoxy) is 1. The van der Waals surface area contributed by atoms with E-state index in [1.807, 2.05) is 23.6 Å². The van der Waals surface area contributed by atoms with Gasteiger partial charge in [0.05, 0.1) is 5.56 Å². The Morgan fingerprint density at radius 2 is 2.07 bits per heavy atom. The highest BCUT2D eigenvalue weighted by molar-refractivity contribution is 7.16. The number of hydrogen-bond acceptors (Lipinski definition) is 7. The average Bonchev–Trinajstić information content (AvgIpc) is 3.41. The first-order chi connectivity index (χ1) is 14.6. The first kappa shape index (κ1) is 19.3. The van der Waals surface area contributed by atoms with Crippen LogP contribution < -0.4 is 15.4 Å². The second-order valence-corrected chi connectivity index (χ2v) is 9.37. The predicted octanol–water partition coefficient (Wildman–Crippen LogP) is 4.26. The average molecular weight is 440 g/mol. The van der Waals surface area contributed by atoms with Gasteiger partial charge in [-0.3, -0.25) is 9.69 Å². The summed E-state index contributed by atoms with van der Waals surface area (Å²) in [5.74, 6) is 0.0902. The Bertz CT molecular complexity index is 1090. The highest BCUT2D eigenvalue weighted by Gasteiger charge is 2.33. The number of nitrogens with one attached hydrogen (secondary N) is 2. The van der Waals surface area contributed by atoms with Crippen LogP contribution in [0.2, 0.25) is 0 Å². The molecule has 0 radical (unpaired) electrons. The Morgan fingerprint density at radius 1 is 1.23 bits per heavy atom. The fraction of sp³-hybridized carbons (Fsp3) is 0.273. The molecule has 2 aliphatic rings. The van der Waals surface area contributed by atoms with Crippen LogP contribution in [0.1, 0.15) is 49.1 Å². The molecule has 0 fully saturated rings. The molecular formula is C22H21N3O3S2. The van der Waals surface area contributed by atoms with Gasteiger partial charge in [-0.2, -0.15) is 0 Å². The lowest BCUT2D eigenvalue weighted by Gasteiger charge is -2.28. The van der Waals surface area contributed by atoms with Gasteiger partial charge in [0.15, 0.2) is 0 Å². The van der Waals surface area contributed by atoms with Crippen LogP contribution in [0.5, 0.6) is 5.75 Å². The zero-order valence-electron chi connectivity index (χ0n) is 16.4. The van der Waals surface area contributed by atoms with Crippen LogP contribution in [-0.4, -0.2) is 29.9 Å². The van der Waals surface area contributed by atoms with Crippen molar-refractivity contribution in [2.75, 3.05) is 18.4 Å². The monoisotopic (exact) mass is 439 g/mol. The molecule has 0 spiro atoms. The van der Waals surface area contributed by atoms with Gasteiger partial charge < -0.3 is 15.4 Å². The van der Waals surface area contributed by atoms with Crippen molar-refractivity contribution < 1.29 is 14.3 Å². The van der Waals surface area contributed by atoms with E-state index in [4.69, 9.17) is 4.74 Å². The van der Waals surface area contributed by atoms with Gasteiger partial charge in [0.2, 0.25) is 0 Å². The van der Waals surface area contributed by atoms with Crippen molar-refractivity contribution in [3.8, 4) is 5.75 Å². The van der Waals surface area contributed by atoms with E-state index in [-0.39, 0.29) is 18.0 Å². The number of hydrogen-bond donors (Lipinski definition) is 2. The molecular weight excluding hydrogens is 418 g/mol. The van der Waals surface area contributed by atoms with Gasteiger partial charge in [0.1, 0.15) is 21.8 Å². The molecule has 0 aliphatic carbocycles. The maximum Gasteiger partial charge on any atom is 0.353 e. The molecule has 0 saturated heterocycles. The molecule has 154 valence electrons. The minimum absolute atomic E-state index is 0.0237.